The third-order valence-corrected chi connectivity index (χ3v) is 5.06. The van der Waals surface area contributed by atoms with Crippen LogP contribution in [0.4, 0.5) is 11.5 Å². The predicted octanol–water partition coefficient (Wildman–Crippen LogP) is 2.01. The third kappa shape index (κ3) is 2.61. The highest BCUT2D eigenvalue weighted by Gasteiger charge is 2.23. The van der Waals surface area contributed by atoms with Crippen molar-refractivity contribution in [1.82, 2.24) is 25.3 Å². The highest BCUT2D eigenvalue weighted by atomic mass is 16.5. The number of aromatic nitrogens is 5. The first-order chi connectivity index (χ1) is 13.3. The van der Waals surface area contributed by atoms with Crippen molar-refractivity contribution in [3.05, 3.63) is 48.5 Å². The summed E-state index contributed by atoms with van der Waals surface area (Å²) in [6, 6.07) is 16.3. The number of piperazine rings is 1. The first kappa shape index (κ1) is 15.8. The molecule has 0 atom stereocenters. The number of nitrogens with zero attached hydrogens (tertiary/aromatic N) is 7. The van der Waals surface area contributed by atoms with E-state index in [2.05, 4.69) is 42.6 Å². The summed E-state index contributed by atoms with van der Waals surface area (Å²) in [6.07, 6.45) is 0. The molecule has 8 nitrogen and oxygen atoms in total. The number of benzene rings is 2. The molecule has 1 aliphatic heterocycles. The van der Waals surface area contributed by atoms with Crippen molar-refractivity contribution in [2.45, 2.75) is 0 Å². The molecule has 0 saturated carbocycles. The number of hydrogen-bond acceptors (Lipinski definition) is 7. The summed E-state index contributed by atoms with van der Waals surface area (Å²) >= 11 is 0. The molecule has 2 aromatic carbocycles. The number of ether oxygens (including phenoxy) is 1. The van der Waals surface area contributed by atoms with Gasteiger partial charge in [-0.1, -0.05) is 36.4 Å². The van der Waals surface area contributed by atoms with Gasteiger partial charge in [0.25, 0.3) is 0 Å². The average molecular weight is 361 g/mol. The quantitative estimate of drug-likeness (QED) is 0.553. The topological polar surface area (TPSA) is 71.7 Å². The summed E-state index contributed by atoms with van der Waals surface area (Å²) in [5.74, 6) is 1.83. The summed E-state index contributed by atoms with van der Waals surface area (Å²) < 4.78 is 7.03. The lowest BCUT2D eigenvalue weighted by atomic mass is 10.1. The lowest BCUT2D eigenvalue weighted by Crippen LogP contribution is -2.47. The molecular weight excluding hydrogens is 342 g/mol. The van der Waals surface area contributed by atoms with Crippen molar-refractivity contribution in [2.24, 2.45) is 0 Å². The van der Waals surface area contributed by atoms with E-state index >= 15 is 0 Å². The van der Waals surface area contributed by atoms with Crippen LogP contribution in [0.3, 0.4) is 0 Å². The van der Waals surface area contributed by atoms with E-state index in [1.165, 1.54) is 4.63 Å². The van der Waals surface area contributed by atoms with Crippen LogP contribution < -0.4 is 14.5 Å². The normalized spacial score (nSPS) is 14.9. The Bertz CT molecular complexity index is 1100. The fourth-order valence-electron chi connectivity index (χ4n) is 3.71. The van der Waals surface area contributed by atoms with Crippen LogP contribution in [0.2, 0.25) is 0 Å². The van der Waals surface area contributed by atoms with Crippen molar-refractivity contribution < 1.29 is 4.74 Å². The first-order valence-electron chi connectivity index (χ1n) is 8.95. The van der Waals surface area contributed by atoms with Crippen molar-refractivity contribution in [3.63, 3.8) is 0 Å². The lowest BCUT2D eigenvalue weighted by Gasteiger charge is -2.37. The van der Waals surface area contributed by atoms with E-state index in [1.54, 1.807) is 7.11 Å². The fraction of sp³-hybridized carbons (Fsp3) is 0.263. The Hall–Kier alpha value is -3.42. The van der Waals surface area contributed by atoms with Gasteiger partial charge in [0, 0.05) is 37.0 Å². The van der Waals surface area contributed by atoms with Crippen LogP contribution in [0, 0.1) is 0 Å². The van der Waals surface area contributed by atoms with Crippen LogP contribution in [0.15, 0.2) is 48.5 Å². The Morgan fingerprint density at radius 1 is 0.852 bits per heavy atom. The molecule has 3 heterocycles. The maximum Gasteiger partial charge on any atom is 0.207 e. The van der Waals surface area contributed by atoms with E-state index in [9.17, 15) is 0 Å². The van der Waals surface area contributed by atoms with Gasteiger partial charge in [0.05, 0.1) is 12.8 Å². The molecule has 1 saturated heterocycles. The van der Waals surface area contributed by atoms with E-state index in [4.69, 9.17) is 4.74 Å². The molecule has 1 aliphatic rings. The SMILES string of the molecule is COc1ccccc1N1CCN(c2nn3nnnc3c3ccccc23)CC1. The Morgan fingerprint density at radius 2 is 1.56 bits per heavy atom. The second-order valence-corrected chi connectivity index (χ2v) is 6.51. The van der Waals surface area contributed by atoms with Crippen molar-refractivity contribution >= 4 is 27.9 Å². The zero-order valence-electron chi connectivity index (χ0n) is 15.0. The number of methoxy groups -OCH3 is 1. The van der Waals surface area contributed by atoms with Gasteiger partial charge in [-0.25, -0.2) is 0 Å². The van der Waals surface area contributed by atoms with Crippen LogP contribution in [0.5, 0.6) is 5.75 Å². The van der Waals surface area contributed by atoms with E-state index in [-0.39, 0.29) is 0 Å². The molecule has 27 heavy (non-hydrogen) atoms. The molecule has 136 valence electrons. The van der Waals surface area contributed by atoms with Gasteiger partial charge in [-0.3, -0.25) is 0 Å². The molecule has 0 aliphatic carbocycles. The number of tetrazole rings is 1. The van der Waals surface area contributed by atoms with Gasteiger partial charge in [0.15, 0.2) is 5.82 Å². The molecule has 0 unspecified atom stereocenters. The number of rotatable bonds is 3. The van der Waals surface area contributed by atoms with E-state index in [0.717, 1.165) is 54.2 Å². The minimum Gasteiger partial charge on any atom is -0.495 e. The van der Waals surface area contributed by atoms with Crippen molar-refractivity contribution in [1.29, 1.82) is 0 Å². The van der Waals surface area contributed by atoms with Gasteiger partial charge in [-0.2, -0.15) is 0 Å². The van der Waals surface area contributed by atoms with Gasteiger partial charge in [-0.05, 0) is 22.6 Å². The Morgan fingerprint density at radius 3 is 2.37 bits per heavy atom. The Labute approximate surface area is 155 Å². The fourth-order valence-corrected chi connectivity index (χ4v) is 3.71. The summed E-state index contributed by atoms with van der Waals surface area (Å²) in [7, 11) is 1.71. The monoisotopic (exact) mass is 361 g/mol. The minimum atomic E-state index is 0.682. The Balaban J connectivity index is 1.47. The van der Waals surface area contributed by atoms with E-state index in [0.29, 0.717) is 5.65 Å². The van der Waals surface area contributed by atoms with Crippen molar-refractivity contribution in [2.75, 3.05) is 43.1 Å². The molecule has 2 aromatic heterocycles. The highest BCUT2D eigenvalue weighted by Crippen LogP contribution is 2.31. The van der Waals surface area contributed by atoms with Gasteiger partial charge in [-0.15, -0.1) is 14.8 Å². The summed E-state index contributed by atoms with van der Waals surface area (Å²) in [5.41, 5.74) is 1.82. The molecule has 0 radical (unpaired) electrons. The highest BCUT2D eigenvalue weighted by molar-refractivity contribution is 6.00. The van der Waals surface area contributed by atoms with E-state index < -0.39 is 0 Å². The van der Waals surface area contributed by atoms with Crippen LogP contribution in [-0.4, -0.2) is 58.5 Å². The summed E-state index contributed by atoms with van der Waals surface area (Å²) in [6.45, 7) is 3.51. The number of anilines is 2. The molecule has 0 spiro atoms. The van der Waals surface area contributed by atoms with Gasteiger partial charge >= 0.3 is 0 Å². The Kier molecular flexibility index (Phi) is 3.74. The second kappa shape index (κ2) is 6.39. The lowest BCUT2D eigenvalue weighted by molar-refractivity contribution is 0.413. The molecule has 0 N–H and O–H groups in total. The number of para-hydroxylation sites is 2. The largest absolute Gasteiger partial charge is 0.495 e. The molecule has 4 aromatic rings. The van der Waals surface area contributed by atoms with Gasteiger partial charge < -0.3 is 14.5 Å². The van der Waals surface area contributed by atoms with Crippen LogP contribution >= 0.6 is 0 Å². The van der Waals surface area contributed by atoms with Gasteiger partial charge in [0.1, 0.15) is 5.75 Å². The molecule has 0 bridgehead atoms. The first-order valence-corrected chi connectivity index (χ1v) is 8.95. The summed E-state index contributed by atoms with van der Waals surface area (Å²) in [4.78, 5) is 4.66. The average Bonchev–Trinajstić information content (AvgIpc) is 3.22. The maximum atomic E-state index is 5.51. The zero-order chi connectivity index (χ0) is 18.2. The minimum absolute atomic E-state index is 0.682. The zero-order valence-corrected chi connectivity index (χ0v) is 15.0. The second-order valence-electron chi connectivity index (χ2n) is 6.51. The van der Waals surface area contributed by atoms with Crippen LogP contribution in [-0.2, 0) is 0 Å². The molecule has 8 heteroatoms. The third-order valence-electron chi connectivity index (χ3n) is 5.06. The maximum absolute atomic E-state index is 5.51. The standard InChI is InChI=1S/C19H19N7O/c1-27-17-9-5-4-8-16(17)24-10-12-25(13-11-24)19-15-7-3-2-6-14(15)18-20-22-23-26(18)21-19/h2-9H,10-13H2,1H3. The molecule has 0 amide bonds. The van der Waals surface area contributed by atoms with Crippen LogP contribution in [0.25, 0.3) is 16.4 Å². The molecular formula is C19H19N7O. The molecule has 1 fully saturated rings. The predicted molar refractivity (Wildman–Crippen MR) is 104 cm³/mol. The van der Waals surface area contributed by atoms with Crippen LogP contribution in [0.1, 0.15) is 0 Å². The van der Waals surface area contributed by atoms with E-state index in [1.807, 2.05) is 36.4 Å². The molecule has 5 rings (SSSR count). The van der Waals surface area contributed by atoms with Crippen molar-refractivity contribution in [3.8, 4) is 5.75 Å². The number of hydrogen-bond donors (Lipinski definition) is 0. The number of fused-ring (bicyclic) bond motifs is 3. The smallest absolute Gasteiger partial charge is 0.207 e. The summed E-state index contributed by atoms with van der Waals surface area (Å²) in [5, 5.41) is 18.6. The van der Waals surface area contributed by atoms with Gasteiger partial charge in [0.2, 0.25) is 5.65 Å².